The summed E-state index contributed by atoms with van der Waals surface area (Å²) in [5.41, 5.74) is 7.98. The molecule has 2 N–H and O–H groups in total. The Bertz CT molecular complexity index is 1220. The van der Waals surface area contributed by atoms with Gasteiger partial charge in [0, 0.05) is 6.42 Å². The molecule has 7 nitrogen and oxygen atoms in total. The summed E-state index contributed by atoms with van der Waals surface area (Å²) in [5.74, 6) is -0.0826. The van der Waals surface area contributed by atoms with Crippen molar-refractivity contribution in [1.29, 1.82) is 0 Å². The lowest BCUT2D eigenvalue weighted by atomic mass is 10.0. The van der Waals surface area contributed by atoms with E-state index >= 15 is 0 Å². The van der Waals surface area contributed by atoms with Gasteiger partial charge >= 0.3 is 0 Å². The number of nitrogens with two attached hydrogens (primary N) is 1. The van der Waals surface area contributed by atoms with Crippen molar-refractivity contribution in [3.63, 3.8) is 0 Å². The molecule has 1 aliphatic heterocycles. The Balaban J connectivity index is 1.56. The fraction of sp³-hybridized carbons (Fsp3) is 0.269. The number of amides is 2. The first-order valence-corrected chi connectivity index (χ1v) is 11.4. The molecule has 0 fully saturated rings. The molecule has 1 aliphatic rings. The number of halogens is 1. The number of carbonyl (C=O) groups excluding carboxylic acids is 2. The van der Waals surface area contributed by atoms with Crippen LogP contribution in [0.2, 0.25) is 0 Å². The number of methoxy groups -OCH3 is 1. The first-order valence-electron chi connectivity index (χ1n) is 11.0. The average Bonchev–Trinajstić information content (AvgIpc) is 3.27. The molecule has 2 atom stereocenters. The Kier molecular flexibility index (Phi) is 7.45. The highest BCUT2D eigenvalue weighted by Gasteiger charge is 2.32. The SMILES string of the molecule is COc1ccc2c(CC(=O)N(CC3CC(Cl)=NO3)C(=O)[C@@H](N)Cc3ccccc3)cccc2c1. The zero-order chi connectivity index (χ0) is 24.1. The van der Waals surface area contributed by atoms with E-state index in [4.69, 9.17) is 26.9 Å². The monoisotopic (exact) mass is 479 g/mol. The van der Waals surface area contributed by atoms with Gasteiger partial charge in [-0.05, 0) is 40.5 Å². The largest absolute Gasteiger partial charge is 0.497 e. The molecule has 0 aromatic heterocycles. The highest BCUT2D eigenvalue weighted by atomic mass is 35.5. The molecule has 2 amide bonds. The standard InChI is InChI=1S/C26H26ClN3O4/c1-33-20-10-11-22-18(13-20)8-5-9-19(22)14-25(31)30(16-21-15-24(27)29-34-21)26(32)23(28)12-17-6-3-2-4-7-17/h2-11,13,21,23H,12,14-16,28H2,1H3/t21?,23-/m0/s1. The molecular weight excluding hydrogens is 454 g/mol. The zero-order valence-electron chi connectivity index (χ0n) is 18.8. The molecule has 0 saturated heterocycles. The smallest absolute Gasteiger partial charge is 0.246 e. The number of ether oxygens (including phenoxy) is 1. The van der Waals surface area contributed by atoms with E-state index < -0.39 is 18.1 Å². The minimum absolute atomic E-state index is 0.0263. The lowest BCUT2D eigenvalue weighted by Crippen LogP contribution is -2.50. The minimum atomic E-state index is -0.874. The molecule has 34 heavy (non-hydrogen) atoms. The number of oxime groups is 1. The van der Waals surface area contributed by atoms with Crippen LogP contribution in [0, 0.1) is 0 Å². The van der Waals surface area contributed by atoms with Gasteiger partial charge in [0.2, 0.25) is 11.8 Å². The Morgan fingerprint density at radius 1 is 1.18 bits per heavy atom. The topological polar surface area (TPSA) is 94.2 Å². The van der Waals surface area contributed by atoms with Gasteiger partial charge in [-0.2, -0.15) is 0 Å². The molecule has 3 aromatic carbocycles. The quantitative estimate of drug-likeness (QED) is 0.532. The molecule has 0 radical (unpaired) electrons. The summed E-state index contributed by atoms with van der Waals surface area (Å²) in [5, 5.41) is 5.90. The minimum Gasteiger partial charge on any atom is -0.497 e. The van der Waals surface area contributed by atoms with Gasteiger partial charge in [0.1, 0.15) is 10.9 Å². The molecule has 0 bridgehead atoms. The molecule has 176 valence electrons. The van der Waals surface area contributed by atoms with Gasteiger partial charge in [-0.15, -0.1) is 0 Å². The summed E-state index contributed by atoms with van der Waals surface area (Å²) in [6.07, 6.45) is 0.191. The van der Waals surface area contributed by atoms with Crippen LogP contribution in [0.5, 0.6) is 5.75 Å². The molecule has 1 unspecified atom stereocenters. The van der Waals surface area contributed by atoms with E-state index in [-0.39, 0.29) is 18.9 Å². The van der Waals surface area contributed by atoms with E-state index in [1.807, 2.05) is 66.7 Å². The highest BCUT2D eigenvalue weighted by Crippen LogP contribution is 2.25. The average molecular weight is 480 g/mol. The first-order chi connectivity index (χ1) is 16.4. The van der Waals surface area contributed by atoms with Crippen molar-refractivity contribution in [2.24, 2.45) is 10.9 Å². The normalized spacial score (nSPS) is 16.0. The van der Waals surface area contributed by atoms with Crippen molar-refractivity contribution < 1.29 is 19.2 Å². The maximum absolute atomic E-state index is 13.4. The van der Waals surface area contributed by atoms with Gasteiger partial charge in [0.05, 0.1) is 26.1 Å². The summed E-state index contributed by atoms with van der Waals surface area (Å²) in [6, 6.07) is 20.0. The molecule has 0 aliphatic carbocycles. The van der Waals surface area contributed by atoms with Gasteiger partial charge in [0.15, 0.2) is 6.10 Å². The van der Waals surface area contributed by atoms with Crippen LogP contribution >= 0.6 is 11.6 Å². The van der Waals surface area contributed by atoms with Crippen LogP contribution in [0.25, 0.3) is 10.8 Å². The summed E-state index contributed by atoms with van der Waals surface area (Å²) < 4.78 is 5.30. The summed E-state index contributed by atoms with van der Waals surface area (Å²) in [4.78, 5) is 33.3. The Morgan fingerprint density at radius 3 is 2.68 bits per heavy atom. The lowest BCUT2D eigenvalue weighted by molar-refractivity contribution is -0.147. The number of benzene rings is 3. The van der Waals surface area contributed by atoms with Gasteiger partial charge in [-0.1, -0.05) is 71.4 Å². The van der Waals surface area contributed by atoms with Crippen LogP contribution in [-0.2, 0) is 27.3 Å². The van der Waals surface area contributed by atoms with Gasteiger partial charge in [-0.25, -0.2) is 0 Å². The van der Waals surface area contributed by atoms with Crippen molar-refractivity contribution in [2.45, 2.75) is 31.4 Å². The predicted octanol–water partition coefficient (Wildman–Crippen LogP) is 3.66. The van der Waals surface area contributed by atoms with E-state index in [1.165, 1.54) is 4.90 Å². The van der Waals surface area contributed by atoms with Crippen LogP contribution in [0.4, 0.5) is 0 Å². The number of imide groups is 1. The summed E-state index contributed by atoms with van der Waals surface area (Å²) >= 11 is 5.94. The number of hydrogen-bond acceptors (Lipinski definition) is 6. The highest BCUT2D eigenvalue weighted by molar-refractivity contribution is 6.65. The van der Waals surface area contributed by atoms with Crippen molar-refractivity contribution in [2.75, 3.05) is 13.7 Å². The van der Waals surface area contributed by atoms with Crippen LogP contribution in [0.1, 0.15) is 17.5 Å². The van der Waals surface area contributed by atoms with Crippen molar-refractivity contribution in [1.82, 2.24) is 4.90 Å². The molecule has 8 heteroatoms. The van der Waals surface area contributed by atoms with Gasteiger partial charge in [0.25, 0.3) is 0 Å². The summed E-state index contributed by atoms with van der Waals surface area (Å²) in [7, 11) is 1.61. The van der Waals surface area contributed by atoms with E-state index in [0.29, 0.717) is 18.0 Å². The molecule has 4 rings (SSSR count). The zero-order valence-corrected chi connectivity index (χ0v) is 19.6. The molecule has 1 heterocycles. The molecular formula is C26H26ClN3O4. The fourth-order valence-corrected chi connectivity index (χ4v) is 4.25. The maximum Gasteiger partial charge on any atom is 0.246 e. The van der Waals surface area contributed by atoms with Gasteiger partial charge in [-0.3, -0.25) is 14.5 Å². The molecule has 3 aromatic rings. The Hall–Kier alpha value is -3.42. The third-order valence-corrected chi connectivity index (χ3v) is 6.01. The van der Waals surface area contributed by atoms with E-state index in [9.17, 15) is 9.59 Å². The summed E-state index contributed by atoms with van der Waals surface area (Å²) in [6.45, 7) is 0.0263. The third-order valence-electron chi connectivity index (χ3n) is 5.79. The van der Waals surface area contributed by atoms with Gasteiger partial charge < -0.3 is 15.3 Å². The predicted molar refractivity (Wildman–Crippen MR) is 132 cm³/mol. The Labute approximate surface area is 203 Å². The lowest BCUT2D eigenvalue weighted by Gasteiger charge is -2.26. The Morgan fingerprint density at radius 2 is 1.97 bits per heavy atom. The third kappa shape index (κ3) is 5.55. The second-order valence-corrected chi connectivity index (χ2v) is 8.66. The van der Waals surface area contributed by atoms with E-state index in [2.05, 4.69) is 5.16 Å². The molecule has 0 spiro atoms. The molecule has 0 saturated carbocycles. The number of carbonyl (C=O) groups is 2. The van der Waals surface area contributed by atoms with E-state index in [0.717, 1.165) is 27.6 Å². The number of hydrogen-bond donors (Lipinski definition) is 1. The van der Waals surface area contributed by atoms with Crippen LogP contribution in [-0.4, -0.2) is 47.7 Å². The van der Waals surface area contributed by atoms with Crippen LogP contribution in [0.3, 0.4) is 0 Å². The van der Waals surface area contributed by atoms with Crippen LogP contribution in [0.15, 0.2) is 71.9 Å². The number of fused-ring (bicyclic) bond motifs is 1. The van der Waals surface area contributed by atoms with E-state index in [1.54, 1.807) is 7.11 Å². The van der Waals surface area contributed by atoms with Crippen molar-refractivity contribution in [3.8, 4) is 5.75 Å². The maximum atomic E-state index is 13.4. The fourth-order valence-electron chi connectivity index (χ4n) is 4.03. The van der Waals surface area contributed by atoms with Crippen LogP contribution < -0.4 is 10.5 Å². The second-order valence-electron chi connectivity index (χ2n) is 8.22. The second kappa shape index (κ2) is 10.7. The first kappa shape index (κ1) is 23.7. The number of rotatable bonds is 8. The van der Waals surface area contributed by atoms with Crippen molar-refractivity contribution in [3.05, 3.63) is 77.9 Å². The van der Waals surface area contributed by atoms with Crippen molar-refractivity contribution >= 4 is 39.4 Å². The number of nitrogens with zero attached hydrogens (tertiary/aromatic N) is 2.